The molecule has 0 spiro atoms. The number of piperazine rings is 1. The summed E-state index contributed by atoms with van der Waals surface area (Å²) >= 11 is 0. The number of nitrogens with zero attached hydrogens (tertiary/aromatic N) is 2. The first kappa shape index (κ1) is 22.9. The molecule has 4 rings (SSSR count). The largest absolute Gasteiger partial charge is 0.480 e. The first-order chi connectivity index (χ1) is 15.7. The zero-order valence-corrected chi connectivity index (χ0v) is 19.7. The number of fused-ring (bicyclic) bond motifs is 1. The molecule has 1 unspecified atom stereocenters. The highest BCUT2D eigenvalue weighted by molar-refractivity contribution is 5.96. The van der Waals surface area contributed by atoms with Gasteiger partial charge in [-0.05, 0) is 43.7 Å². The predicted molar refractivity (Wildman–Crippen MR) is 132 cm³/mol. The van der Waals surface area contributed by atoms with Gasteiger partial charge in [0.1, 0.15) is 6.04 Å². The van der Waals surface area contributed by atoms with Gasteiger partial charge >= 0.3 is 5.97 Å². The van der Waals surface area contributed by atoms with Crippen molar-refractivity contribution >= 4 is 34.2 Å². The van der Waals surface area contributed by atoms with Gasteiger partial charge < -0.3 is 20.3 Å². The molecule has 2 heterocycles. The molecule has 0 bridgehead atoms. The molecule has 1 aliphatic heterocycles. The third kappa shape index (κ3) is 4.73. The average Bonchev–Trinajstić information content (AvgIpc) is 3.17. The molecule has 33 heavy (non-hydrogen) atoms. The van der Waals surface area contributed by atoms with E-state index in [1.54, 1.807) is 6.20 Å². The molecule has 1 amide bonds. The van der Waals surface area contributed by atoms with E-state index < -0.39 is 12.0 Å². The van der Waals surface area contributed by atoms with Crippen molar-refractivity contribution in [1.82, 2.24) is 9.88 Å². The van der Waals surface area contributed by atoms with Gasteiger partial charge in [-0.2, -0.15) is 0 Å². The molecule has 0 aliphatic carbocycles. The van der Waals surface area contributed by atoms with Crippen LogP contribution in [0, 0.1) is 19.8 Å². The summed E-state index contributed by atoms with van der Waals surface area (Å²) in [6.07, 6.45) is 1.79. The second-order valence-corrected chi connectivity index (χ2v) is 9.20. The van der Waals surface area contributed by atoms with Crippen molar-refractivity contribution in [3.63, 3.8) is 0 Å². The standard InChI is InChI=1S/C26H32N4O3/c1-16(2)25(31)28-19-6-7-22-20(14-19)21(15-27-22)24(26(32)33)30-11-9-29(10-12-30)23-8-5-17(3)13-18(23)4/h5-8,13-16,24,27H,9-12H2,1-4H3,(H,28,31)(H,32,33). The molecule has 7 heteroatoms. The summed E-state index contributed by atoms with van der Waals surface area (Å²) in [6.45, 7) is 10.7. The minimum atomic E-state index is -0.868. The lowest BCUT2D eigenvalue weighted by molar-refractivity contribution is -0.143. The number of aryl methyl sites for hydroxylation is 2. The van der Waals surface area contributed by atoms with E-state index in [9.17, 15) is 14.7 Å². The van der Waals surface area contributed by atoms with Crippen molar-refractivity contribution in [2.24, 2.45) is 5.92 Å². The lowest BCUT2D eigenvalue weighted by atomic mass is 10.0. The smallest absolute Gasteiger partial charge is 0.325 e. The van der Waals surface area contributed by atoms with Gasteiger partial charge in [0.15, 0.2) is 0 Å². The molecule has 2 aromatic carbocycles. The number of hydrogen-bond acceptors (Lipinski definition) is 4. The van der Waals surface area contributed by atoms with Crippen LogP contribution in [0.25, 0.3) is 10.9 Å². The van der Waals surface area contributed by atoms with E-state index in [2.05, 4.69) is 47.2 Å². The van der Waals surface area contributed by atoms with Gasteiger partial charge in [0.25, 0.3) is 0 Å². The second kappa shape index (κ2) is 9.27. The number of carboxylic acid groups (broad SMARTS) is 1. The monoisotopic (exact) mass is 448 g/mol. The zero-order valence-electron chi connectivity index (χ0n) is 19.7. The molecule has 3 N–H and O–H groups in total. The van der Waals surface area contributed by atoms with Crippen molar-refractivity contribution in [1.29, 1.82) is 0 Å². The van der Waals surface area contributed by atoms with E-state index >= 15 is 0 Å². The number of hydrogen-bond donors (Lipinski definition) is 3. The number of anilines is 2. The number of amides is 1. The van der Waals surface area contributed by atoms with Gasteiger partial charge in [0.05, 0.1) is 0 Å². The number of aliphatic carboxylic acids is 1. The number of carbonyl (C=O) groups is 2. The SMILES string of the molecule is Cc1ccc(N2CCN(C(C(=O)O)c3c[nH]c4ccc(NC(=O)C(C)C)cc34)CC2)c(C)c1. The van der Waals surface area contributed by atoms with Crippen LogP contribution in [0.5, 0.6) is 0 Å². The van der Waals surface area contributed by atoms with Gasteiger partial charge in [-0.3, -0.25) is 14.5 Å². The summed E-state index contributed by atoms with van der Waals surface area (Å²) in [5.74, 6) is -1.07. The van der Waals surface area contributed by atoms with Crippen LogP contribution in [0.1, 0.15) is 36.6 Å². The van der Waals surface area contributed by atoms with E-state index in [0.717, 1.165) is 29.6 Å². The number of aromatic nitrogens is 1. The van der Waals surface area contributed by atoms with E-state index in [4.69, 9.17) is 0 Å². The van der Waals surface area contributed by atoms with Crippen LogP contribution < -0.4 is 10.2 Å². The highest BCUT2D eigenvalue weighted by Crippen LogP contribution is 2.32. The summed E-state index contributed by atoms with van der Waals surface area (Å²) < 4.78 is 0. The predicted octanol–water partition coefficient (Wildman–Crippen LogP) is 4.33. The van der Waals surface area contributed by atoms with Gasteiger partial charge in [-0.1, -0.05) is 31.5 Å². The van der Waals surface area contributed by atoms with Gasteiger partial charge in [0, 0.05) is 66.1 Å². The first-order valence-electron chi connectivity index (χ1n) is 11.5. The molecule has 0 radical (unpaired) electrons. The van der Waals surface area contributed by atoms with Gasteiger partial charge in [-0.25, -0.2) is 0 Å². The molecule has 1 aliphatic rings. The number of nitrogens with one attached hydrogen (secondary N) is 2. The summed E-state index contributed by atoms with van der Waals surface area (Å²) in [6, 6.07) is 11.3. The van der Waals surface area contributed by atoms with Crippen molar-refractivity contribution in [2.75, 3.05) is 36.4 Å². The molecule has 0 saturated carbocycles. The van der Waals surface area contributed by atoms with Gasteiger partial charge in [0.2, 0.25) is 5.91 Å². The first-order valence-corrected chi connectivity index (χ1v) is 11.5. The van der Waals surface area contributed by atoms with Crippen molar-refractivity contribution in [3.05, 3.63) is 59.3 Å². The Morgan fingerprint density at radius 3 is 2.39 bits per heavy atom. The quantitative estimate of drug-likeness (QED) is 0.522. The Morgan fingerprint density at radius 2 is 1.76 bits per heavy atom. The fourth-order valence-electron chi connectivity index (χ4n) is 4.60. The molecular formula is C26H32N4O3. The highest BCUT2D eigenvalue weighted by atomic mass is 16.4. The lowest BCUT2D eigenvalue weighted by Gasteiger charge is -2.39. The average molecular weight is 449 g/mol. The number of benzene rings is 2. The van der Waals surface area contributed by atoms with Crippen LogP contribution in [0.15, 0.2) is 42.6 Å². The number of carboxylic acids is 1. The molecule has 174 valence electrons. The Hall–Kier alpha value is -3.32. The minimum absolute atomic E-state index is 0.0660. The van der Waals surface area contributed by atoms with Crippen LogP contribution in [-0.4, -0.2) is 53.0 Å². The number of aromatic amines is 1. The number of rotatable bonds is 6. The van der Waals surface area contributed by atoms with E-state index in [1.807, 2.05) is 36.9 Å². The molecule has 1 fully saturated rings. The normalized spacial score (nSPS) is 15.7. The molecule has 3 aromatic rings. The van der Waals surface area contributed by atoms with Crippen LogP contribution in [0.2, 0.25) is 0 Å². The summed E-state index contributed by atoms with van der Waals surface area (Å²) in [5.41, 5.74) is 5.94. The lowest BCUT2D eigenvalue weighted by Crippen LogP contribution is -2.49. The molecule has 1 atom stereocenters. The topological polar surface area (TPSA) is 88.7 Å². The van der Waals surface area contributed by atoms with Crippen molar-refractivity contribution in [2.45, 2.75) is 33.7 Å². The van der Waals surface area contributed by atoms with E-state index in [-0.39, 0.29) is 11.8 Å². The Balaban J connectivity index is 1.56. The third-order valence-corrected chi connectivity index (χ3v) is 6.41. The molecule has 1 aromatic heterocycles. The summed E-state index contributed by atoms with van der Waals surface area (Å²) in [4.78, 5) is 32.1. The minimum Gasteiger partial charge on any atom is -0.480 e. The number of carbonyl (C=O) groups excluding carboxylic acids is 1. The maximum atomic E-state index is 12.4. The zero-order chi connectivity index (χ0) is 23.7. The van der Waals surface area contributed by atoms with Crippen LogP contribution in [-0.2, 0) is 9.59 Å². The fourth-order valence-corrected chi connectivity index (χ4v) is 4.60. The van der Waals surface area contributed by atoms with Crippen LogP contribution in [0.4, 0.5) is 11.4 Å². The second-order valence-electron chi connectivity index (χ2n) is 9.20. The maximum absolute atomic E-state index is 12.4. The van der Waals surface area contributed by atoms with Gasteiger partial charge in [-0.15, -0.1) is 0 Å². The van der Waals surface area contributed by atoms with Crippen molar-refractivity contribution < 1.29 is 14.7 Å². The maximum Gasteiger partial charge on any atom is 0.325 e. The highest BCUT2D eigenvalue weighted by Gasteiger charge is 2.32. The Labute approximate surface area is 194 Å². The number of H-pyrrole nitrogens is 1. The van der Waals surface area contributed by atoms with Crippen LogP contribution >= 0.6 is 0 Å². The fraction of sp³-hybridized carbons (Fsp3) is 0.385. The Morgan fingerprint density at radius 1 is 1.03 bits per heavy atom. The summed E-state index contributed by atoms with van der Waals surface area (Å²) in [5, 5.41) is 13.9. The molecule has 1 saturated heterocycles. The van der Waals surface area contributed by atoms with E-state index in [0.29, 0.717) is 18.8 Å². The Bertz CT molecular complexity index is 1180. The van der Waals surface area contributed by atoms with Crippen molar-refractivity contribution in [3.8, 4) is 0 Å². The van der Waals surface area contributed by atoms with Crippen LogP contribution in [0.3, 0.4) is 0 Å². The van der Waals surface area contributed by atoms with E-state index in [1.165, 1.54) is 16.8 Å². The summed E-state index contributed by atoms with van der Waals surface area (Å²) in [7, 11) is 0. The molecular weight excluding hydrogens is 416 g/mol. The third-order valence-electron chi connectivity index (χ3n) is 6.41. The molecule has 7 nitrogen and oxygen atoms in total. The Kier molecular flexibility index (Phi) is 6.42.